The average Bonchev–Trinajstić information content (AvgIpc) is 2.35. The van der Waals surface area contributed by atoms with Gasteiger partial charge in [-0.3, -0.25) is 4.40 Å². The molecule has 2 heterocycles. The number of rotatable bonds is 0. The van der Waals surface area contributed by atoms with Crippen molar-refractivity contribution in [3.8, 4) is 0 Å². The summed E-state index contributed by atoms with van der Waals surface area (Å²) in [4.78, 5) is 4.08. The Hall–Kier alpha value is -0.720. The molecule has 0 fully saturated rings. The third kappa shape index (κ3) is 0.991. The van der Waals surface area contributed by atoms with Crippen molar-refractivity contribution in [2.45, 2.75) is 6.92 Å². The normalized spacial score (nSPS) is 10.7. The molecule has 56 valence electrons. The lowest BCUT2D eigenvalue weighted by atomic mass is 10.6. The summed E-state index contributed by atoms with van der Waals surface area (Å²) >= 11 is 2.14. The Kier molecular flexibility index (Phi) is 1.52. The Morgan fingerprint density at radius 1 is 1.45 bits per heavy atom. The molecule has 2 aromatic heterocycles. The average molecular weight is 260 g/mol. The van der Waals surface area contributed by atoms with Crippen molar-refractivity contribution >= 4 is 28.2 Å². The highest BCUT2D eigenvalue weighted by Gasteiger charge is 2.02. The topological polar surface area (TPSA) is 43.1 Å². The molecule has 0 aliphatic heterocycles. The summed E-state index contributed by atoms with van der Waals surface area (Å²) in [6, 6.07) is 0. The molecule has 0 aliphatic carbocycles. The van der Waals surface area contributed by atoms with Gasteiger partial charge in [0.2, 0.25) is 0 Å². The van der Waals surface area contributed by atoms with Crippen molar-refractivity contribution in [3.63, 3.8) is 0 Å². The maximum Gasteiger partial charge on any atom is 0.193 e. The highest BCUT2D eigenvalue weighted by atomic mass is 127. The summed E-state index contributed by atoms with van der Waals surface area (Å²) in [5.41, 5.74) is 0.825. The van der Waals surface area contributed by atoms with Crippen molar-refractivity contribution in [3.05, 3.63) is 21.9 Å². The molecule has 0 aliphatic rings. The largest absolute Gasteiger partial charge is 0.283 e. The zero-order valence-corrected chi connectivity index (χ0v) is 7.98. The van der Waals surface area contributed by atoms with Crippen LogP contribution in [0, 0.1) is 10.6 Å². The van der Waals surface area contributed by atoms with Crippen LogP contribution in [-0.4, -0.2) is 19.6 Å². The van der Waals surface area contributed by atoms with Crippen LogP contribution in [0.3, 0.4) is 0 Å². The van der Waals surface area contributed by atoms with Crippen molar-refractivity contribution in [2.24, 2.45) is 0 Å². The van der Waals surface area contributed by atoms with Crippen LogP contribution in [0.25, 0.3) is 5.65 Å². The number of fused-ring (bicyclic) bond motifs is 1. The molecule has 5 heteroatoms. The molecule has 0 unspecified atom stereocenters. The maximum absolute atomic E-state index is 4.08. The lowest BCUT2D eigenvalue weighted by Crippen LogP contribution is -1.91. The molecule has 0 saturated carbocycles. The summed E-state index contributed by atoms with van der Waals surface area (Å²) < 4.78 is 2.79. The van der Waals surface area contributed by atoms with Crippen LogP contribution in [-0.2, 0) is 0 Å². The van der Waals surface area contributed by atoms with E-state index in [-0.39, 0.29) is 0 Å². The molecule has 0 amide bonds. The fourth-order valence-electron chi connectivity index (χ4n) is 0.912. The van der Waals surface area contributed by atoms with E-state index in [9.17, 15) is 0 Å². The summed E-state index contributed by atoms with van der Waals surface area (Å²) in [5, 5.41) is 7.89. The lowest BCUT2D eigenvalue weighted by Gasteiger charge is -1.92. The van der Waals surface area contributed by atoms with Crippen LogP contribution in [0.4, 0.5) is 0 Å². The van der Waals surface area contributed by atoms with Gasteiger partial charge in [0, 0.05) is 12.4 Å². The van der Waals surface area contributed by atoms with Crippen molar-refractivity contribution in [1.29, 1.82) is 0 Å². The molecule has 0 saturated heterocycles. The number of hydrogen-bond acceptors (Lipinski definition) is 3. The first kappa shape index (κ1) is 6.96. The van der Waals surface area contributed by atoms with Crippen molar-refractivity contribution in [2.75, 3.05) is 0 Å². The summed E-state index contributed by atoms with van der Waals surface area (Å²) in [7, 11) is 0. The Balaban J connectivity index is 2.94. The SMILES string of the molecule is Cc1nnc2c(I)nccn12. The van der Waals surface area contributed by atoms with E-state index in [0.29, 0.717) is 0 Å². The fourth-order valence-corrected chi connectivity index (χ4v) is 1.44. The molecular formula is C6H5IN4. The van der Waals surface area contributed by atoms with Crippen LogP contribution in [0.5, 0.6) is 0 Å². The third-order valence-electron chi connectivity index (χ3n) is 1.45. The van der Waals surface area contributed by atoms with Gasteiger partial charge in [-0.25, -0.2) is 4.98 Å². The Bertz CT molecular complexity index is 394. The van der Waals surface area contributed by atoms with E-state index in [4.69, 9.17) is 0 Å². The minimum absolute atomic E-state index is 0.825. The van der Waals surface area contributed by atoms with E-state index in [1.165, 1.54) is 0 Å². The van der Waals surface area contributed by atoms with Gasteiger partial charge in [-0.2, -0.15) is 0 Å². The first-order valence-electron chi connectivity index (χ1n) is 3.11. The Morgan fingerprint density at radius 3 is 3.00 bits per heavy atom. The van der Waals surface area contributed by atoms with Gasteiger partial charge in [0.05, 0.1) is 0 Å². The summed E-state index contributed by atoms with van der Waals surface area (Å²) in [5.74, 6) is 0.889. The minimum Gasteiger partial charge on any atom is -0.283 e. The number of nitrogens with zero attached hydrogens (tertiary/aromatic N) is 4. The van der Waals surface area contributed by atoms with Crippen LogP contribution in [0.1, 0.15) is 5.82 Å². The number of halogens is 1. The van der Waals surface area contributed by atoms with Crippen LogP contribution in [0.15, 0.2) is 12.4 Å². The molecule has 0 spiro atoms. The second-order valence-corrected chi connectivity index (χ2v) is 3.18. The Morgan fingerprint density at radius 2 is 2.27 bits per heavy atom. The highest BCUT2D eigenvalue weighted by molar-refractivity contribution is 14.1. The molecule has 0 atom stereocenters. The first-order valence-corrected chi connectivity index (χ1v) is 4.19. The van der Waals surface area contributed by atoms with Gasteiger partial charge in [0.25, 0.3) is 0 Å². The van der Waals surface area contributed by atoms with E-state index in [0.717, 1.165) is 15.2 Å². The predicted octanol–water partition coefficient (Wildman–Crippen LogP) is 1.04. The molecule has 2 aromatic rings. The number of hydrogen-bond donors (Lipinski definition) is 0. The van der Waals surface area contributed by atoms with E-state index in [1.807, 2.05) is 17.5 Å². The summed E-state index contributed by atoms with van der Waals surface area (Å²) in [6.45, 7) is 1.91. The van der Waals surface area contributed by atoms with Gasteiger partial charge in [0.15, 0.2) is 5.65 Å². The molecular weight excluding hydrogens is 255 g/mol. The molecule has 2 rings (SSSR count). The maximum atomic E-state index is 4.08. The number of aryl methyl sites for hydroxylation is 1. The van der Waals surface area contributed by atoms with Crippen molar-refractivity contribution < 1.29 is 0 Å². The van der Waals surface area contributed by atoms with Crippen molar-refractivity contribution in [1.82, 2.24) is 19.6 Å². The van der Waals surface area contributed by atoms with Gasteiger partial charge in [-0.15, -0.1) is 10.2 Å². The molecule has 0 bridgehead atoms. The highest BCUT2D eigenvalue weighted by Crippen LogP contribution is 2.08. The van der Waals surface area contributed by atoms with Gasteiger partial charge in [-0.05, 0) is 29.5 Å². The van der Waals surface area contributed by atoms with Gasteiger partial charge < -0.3 is 0 Å². The molecule has 0 aromatic carbocycles. The fraction of sp³-hybridized carbons (Fsp3) is 0.167. The molecule has 11 heavy (non-hydrogen) atoms. The first-order chi connectivity index (χ1) is 5.29. The molecule has 0 radical (unpaired) electrons. The third-order valence-corrected chi connectivity index (χ3v) is 2.22. The smallest absolute Gasteiger partial charge is 0.193 e. The number of aromatic nitrogens is 4. The molecule has 4 nitrogen and oxygen atoms in total. The van der Waals surface area contributed by atoms with Gasteiger partial charge in [-0.1, -0.05) is 0 Å². The second kappa shape index (κ2) is 2.40. The molecule has 0 N–H and O–H groups in total. The predicted molar refractivity (Wildman–Crippen MR) is 48.2 cm³/mol. The zero-order valence-electron chi connectivity index (χ0n) is 5.82. The van der Waals surface area contributed by atoms with Crippen LogP contribution in [0.2, 0.25) is 0 Å². The van der Waals surface area contributed by atoms with E-state index < -0.39 is 0 Å². The quantitative estimate of drug-likeness (QED) is 0.664. The van der Waals surface area contributed by atoms with Crippen LogP contribution >= 0.6 is 22.6 Å². The second-order valence-electron chi connectivity index (χ2n) is 2.16. The zero-order chi connectivity index (χ0) is 7.84. The van der Waals surface area contributed by atoms with E-state index in [1.54, 1.807) is 6.20 Å². The van der Waals surface area contributed by atoms with Crippen LogP contribution < -0.4 is 0 Å². The van der Waals surface area contributed by atoms with Gasteiger partial charge >= 0.3 is 0 Å². The van der Waals surface area contributed by atoms with E-state index in [2.05, 4.69) is 37.8 Å². The minimum atomic E-state index is 0.825. The Labute approximate surface area is 76.8 Å². The monoisotopic (exact) mass is 260 g/mol. The van der Waals surface area contributed by atoms with Gasteiger partial charge in [0.1, 0.15) is 9.53 Å². The lowest BCUT2D eigenvalue weighted by molar-refractivity contribution is 1.000. The summed E-state index contributed by atoms with van der Waals surface area (Å²) in [6.07, 6.45) is 3.60. The standard InChI is InChI=1S/C6H5IN4/c1-4-9-10-6-5(7)8-2-3-11(4)6/h2-3H,1H3. The van der Waals surface area contributed by atoms with E-state index >= 15 is 0 Å².